The summed E-state index contributed by atoms with van der Waals surface area (Å²) in [7, 11) is 2.19. The lowest BCUT2D eigenvalue weighted by molar-refractivity contribution is -0.298. The number of aliphatic hydroxyl groups is 12. The van der Waals surface area contributed by atoms with Crippen LogP contribution in [0, 0.1) is 126 Å². The first-order chi connectivity index (χ1) is 68.9. The predicted octanol–water partition coefficient (Wildman–Crippen LogP) is 2.41. The molecule has 8 saturated heterocycles. The van der Waals surface area contributed by atoms with Crippen molar-refractivity contribution in [1.29, 1.82) is 0 Å². The molecule has 42 nitrogen and oxygen atoms in total. The maximum atomic E-state index is 13.5. The highest BCUT2D eigenvalue weighted by molar-refractivity contribution is 5.99. The quantitative estimate of drug-likeness (QED) is 0.0675. The maximum Gasteiger partial charge on any atom is 0.351 e. The molecule has 20 rings (SSSR count). The number of Topliss-reactive ketones (excluding diaryl/α,β-unsaturated/α-hetero) is 2. The van der Waals surface area contributed by atoms with Crippen LogP contribution in [0.15, 0.2) is 69.3 Å². The highest BCUT2D eigenvalue weighted by Crippen LogP contribution is 2.79. The molecule has 4 spiro atoms. The van der Waals surface area contributed by atoms with Crippen LogP contribution in [-0.4, -0.2) is 329 Å². The molecule has 8 aliphatic heterocycles. The van der Waals surface area contributed by atoms with Gasteiger partial charge in [-0.2, -0.15) is 0 Å². The summed E-state index contributed by atoms with van der Waals surface area (Å²) in [6.45, 7) is 33.2. The summed E-state index contributed by atoms with van der Waals surface area (Å²) in [5.41, 5.74) is -14.7. The van der Waals surface area contributed by atoms with Crippen LogP contribution in [0.2, 0.25) is 0 Å². The van der Waals surface area contributed by atoms with Gasteiger partial charge in [0.1, 0.15) is 72.2 Å². The topological polar surface area (TPSA) is 637 Å². The Morgan fingerprint density at radius 1 is 0.446 bits per heavy atom. The molecule has 42 heteroatoms. The zero-order chi connectivity index (χ0) is 109. The first-order valence-corrected chi connectivity index (χ1v) is 50.9. The molecule has 8 saturated carbocycles. The molecule has 12 aliphatic carbocycles. The molecule has 814 valence electrons. The Balaban J connectivity index is 0.000000135. The SMILES string of the molecule is CC[C@@H](C)C(=O)O[C@H]1C(=O)O[C@@H]2C[C@H]3C(C)=CC(=O)[C@@H](O)[C@]3(C)[C@H]3[C@@H](O)[C@H](O)[C@@]4(C)OC[C@]32[C@@H]14.CC[C@@](C)(OC(C)=O)C(=O)O[C@H]1C(=O)O[C@@H]2C[C@H]3C(C)=CC(=O)[C@@H](O)[C@]3(C)[C@H]3[C@@H](O)[C@H](O)[C@@]4(C)OC[C@]32[C@@H]14.COC(=O)[C@@]12OC[C@]34[C@H]([C@@H](O)[C@@H]1O)[C@@]1(C)CC(=O)C(O)=C(C)[C@@H]1C[C@H]3OC(=O)[C@H](OC(=O)/C=C(\C)C(C)C)[C@@H]24.COC(=O)[C@@]12OC[C@]34[C@H]([C@@H](O)[C@@H]1O)[C@@]1(C)CC(=O)C(O)=C(C)[C@@H]1C[C@H]3OC(=O)[C@H](OC(=O)C=C(C)C)[C@@H]24. The van der Waals surface area contributed by atoms with Gasteiger partial charge in [0.15, 0.2) is 34.7 Å². The van der Waals surface area contributed by atoms with Crippen LogP contribution in [-0.2, 0) is 143 Å². The molecule has 0 aromatic rings. The van der Waals surface area contributed by atoms with E-state index in [9.17, 15) is 133 Å². The summed E-state index contributed by atoms with van der Waals surface area (Å²) in [5, 5.41) is 136. The van der Waals surface area contributed by atoms with Crippen molar-refractivity contribution in [2.75, 3.05) is 40.6 Å². The standard InChI is InChI=1S/C28H36O11.C27H36O11.C26H32O11.C25H34O9/c1-11(2)12(3)7-17(30)39-20-22-27-10-37-28(22,25(35)36-6)23(33)19(32)21(27)26(5)9-15(29)18(31)13(4)14(26)8-16(27)38-24(20)34;1-7-24(4,38-12(3)28)23(34)37-17-19-26(6)21(32)16(30)18-25(5)13(11(2)8-14(29)20(25)31)9-15(36-22(17)33)27(18,19)10-35-26;1-10(2)6-15(28)37-18-20-25-9-35-26(20,23(33)34-5)21(31)17(30)19(25)24(4)8-13(27)16(29)11(3)12(24)7-14(25)36-22(18)32;1-6-10(2)21(30)34-16-18-24(5)20(29)15(27)17-23(4)12(11(3)7-13(26)19(23)28)8-14(33-22(16)31)25(17,18)9-32-24/h7,11,14,16,19-23,31-33H,8-10H2,1-6H3;8,13,15-21,30-32H,7,9-10H2,1-6H3;6,12,14,17-21,29-31H,7-9H2,1-5H3;7,10,12,14-20,27-29H,6,8-9H2,1-5H3/b12-7+;;;/t14-,16+,19+,20+,21+,22+,23-,26-,27+,28-;13-,15+,16+,17+,18+,19-,20+,21-,24+,25-,26-,27+;12-,14+,17+,18+,19+,20+,21-,24-,25+,26-;10-,12+,14-,15-,16-,17-,18+,19-,20+,23+,24+,25-/m0001/s1. The average Bonchev–Trinajstić information content (AvgIpc) is 1.46. The van der Waals surface area contributed by atoms with E-state index in [2.05, 4.69) is 0 Å². The third-order valence-electron chi connectivity index (χ3n) is 40.2. The Hall–Kier alpha value is -9.67. The van der Waals surface area contributed by atoms with E-state index in [1.165, 1.54) is 31.2 Å². The predicted molar refractivity (Wildman–Crippen MR) is 497 cm³/mol. The number of aliphatic hydroxyl groups excluding tert-OH is 12. The van der Waals surface area contributed by atoms with E-state index in [0.29, 0.717) is 40.7 Å². The minimum absolute atomic E-state index is 0.0302. The Bertz CT molecular complexity index is 5840. The van der Waals surface area contributed by atoms with Crippen LogP contribution in [0.1, 0.15) is 190 Å². The van der Waals surface area contributed by atoms with E-state index < -0.39 is 341 Å². The van der Waals surface area contributed by atoms with Gasteiger partial charge in [-0.3, -0.25) is 28.8 Å². The van der Waals surface area contributed by atoms with Crippen molar-refractivity contribution in [3.63, 3.8) is 0 Å². The number of fused-ring (bicyclic) bond motifs is 8. The zero-order valence-corrected chi connectivity index (χ0v) is 86.9. The van der Waals surface area contributed by atoms with Crippen LogP contribution < -0.4 is 0 Å². The number of methoxy groups -OCH3 is 2. The van der Waals surface area contributed by atoms with Gasteiger partial charge >= 0.3 is 65.7 Å². The largest absolute Gasteiger partial charge is 0.504 e. The van der Waals surface area contributed by atoms with Crippen LogP contribution >= 0.6 is 0 Å². The fraction of sp³-hybridized carbons (Fsp3) is 0.745. The van der Waals surface area contributed by atoms with Crippen LogP contribution in [0.3, 0.4) is 0 Å². The molecule has 0 aromatic carbocycles. The van der Waals surface area contributed by atoms with E-state index in [0.717, 1.165) is 26.7 Å². The van der Waals surface area contributed by atoms with Crippen molar-refractivity contribution in [3.05, 3.63) is 69.3 Å². The fourth-order valence-corrected chi connectivity index (χ4v) is 33.2. The number of esters is 11. The number of ketones is 4. The van der Waals surface area contributed by atoms with E-state index >= 15 is 0 Å². The summed E-state index contributed by atoms with van der Waals surface area (Å²) < 4.78 is 86.1. The van der Waals surface area contributed by atoms with Crippen molar-refractivity contribution in [3.8, 4) is 0 Å². The molecule has 20 aliphatic rings. The van der Waals surface area contributed by atoms with Crippen molar-refractivity contribution < 1.29 is 204 Å². The number of allylic oxidation sites excluding steroid dienone is 8. The molecule has 8 bridgehead atoms. The molecule has 12 N–H and O–H groups in total. The zero-order valence-electron chi connectivity index (χ0n) is 86.9. The summed E-state index contributed by atoms with van der Waals surface area (Å²) >= 11 is 0. The highest BCUT2D eigenvalue weighted by atomic mass is 16.7. The lowest BCUT2D eigenvalue weighted by Gasteiger charge is -2.68. The van der Waals surface area contributed by atoms with Gasteiger partial charge in [-0.05, 0) is 171 Å². The lowest BCUT2D eigenvalue weighted by Crippen LogP contribution is -2.79. The molecule has 0 aromatic heterocycles. The summed E-state index contributed by atoms with van der Waals surface area (Å²) in [6.07, 6.45) is -18.6. The van der Waals surface area contributed by atoms with Crippen molar-refractivity contribution in [2.45, 2.75) is 328 Å². The Kier molecular flexibility index (Phi) is 27.0. The van der Waals surface area contributed by atoms with Gasteiger partial charge in [-0.15, -0.1) is 0 Å². The minimum Gasteiger partial charge on any atom is -0.504 e. The second kappa shape index (κ2) is 36.5. The number of hydrogen-bond donors (Lipinski definition) is 12. The van der Waals surface area contributed by atoms with Crippen LogP contribution in [0.5, 0.6) is 0 Å². The minimum atomic E-state index is -2.22. The first kappa shape index (κ1) is 110. The average molecular weight is 2080 g/mol. The second-order valence-electron chi connectivity index (χ2n) is 47.5. The third kappa shape index (κ3) is 14.4. The molecular formula is C106H138O42. The van der Waals surface area contributed by atoms with Gasteiger partial charge in [0.2, 0.25) is 41.2 Å². The maximum absolute atomic E-state index is 13.5. The van der Waals surface area contributed by atoms with Gasteiger partial charge in [-0.25, -0.2) is 43.2 Å². The lowest BCUT2D eigenvalue weighted by atomic mass is 9.38. The van der Waals surface area contributed by atoms with Crippen LogP contribution in [0.4, 0.5) is 0 Å². The summed E-state index contributed by atoms with van der Waals surface area (Å²) in [6, 6.07) is 0. The first-order valence-electron chi connectivity index (χ1n) is 50.9. The van der Waals surface area contributed by atoms with Gasteiger partial charge in [-0.1, -0.05) is 84.6 Å². The van der Waals surface area contributed by atoms with E-state index in [1.54, 1.807) is 104 Å². The Labute approximate surface area is 852 Å². The molecule has 0 amide bonds. The molecular weight excluding hydrogens is 1950 g/mol. The summed E-state index contributed by atoms with van der Waals surface area (Å²) in [4.78, 5) is 195. The number of hydrogen-bond acceptors (Lipinski definition) is 42. The number of ether oxygens (including phenoxy) is 15. The Morgan fingerprint density at radius 3 is 1.11 bits per heavy atom. The van der Waals surface area contributed by atoms with Crippen molar-refractivity contribution in [1.82, 2.24) is 0 Å². The fourth-order valence-electron chi connectivity index (χ4n) is 33.2. The second-order valence-corrected chi connectivity index (χ2v) is 47.5. The third-order valence-corrected chi connectivity index (χ3v) is 40.2. The van der Waals surface area contributed by atoms with Crippen molar-refractivity contribution in [2.24, 2.45) is 126 Å². The highest BCUT2D eigenvalue weighted by Gasteiger charge is 2.90. The van der Waals surface area contributed by atoms with Gasteiger partial charge in [0, 0.05) is 88.1 Å². The van der Waals surface area contributed by atoms with Gasteiger partial charge < -0.3 is 132 Å². The van der Waals surface area contributed by atoms with Crippen molar-refractivity contribution >= 4 is 88.8 Å². The van der Waals surface area contributed by atoms with E-state index in [1.807, 2.05) is 20.8 Å². The van der Waals surface area contributed by atoms with E-state index in [4.69, 9.17) is 71.1 Å². The summed E-state index contributed by atoms with van der Waals surface area (Å²) in [5.74, 6) is -22.1. The smallest absolute Gasteiger partial charge is 0.351 e. The Morgan fingerprint density at radius 2 is 0.777 bits per heavy atom. The monoisotopic (exact) mass is 2080 g/mol. The molecule has 0 unspecified atom stereocenters. The van der Waals surface area contributed by atoms with Gasteiger partial charge in [0.05, 0.1) is 94.7 Å². The van der Waals surface area contributed by atoms with Crippen LogP contribution in [0.25, 0.3) is 0 Å². The van der Waals surface area contributed by atoms with E-state index in [-0.39, 0.29) is 88.3 Å². The van der Waals surface area contributed by atoms with Gasteiger partial charge in [0.25, 0.3) is 0 Å². The molecule has 148 heavy (non-hydrogen) atoms. The molecule has 44 atom stereocenters. The number of rotatable bonds is 14. The molecule has 0 radical (unpaired) electrons. The molecule has 16 fully saturated rings. The molecule has 8 heterocycles. The number of carbonyl (C=O) groups excluding carboxylic acids is 15. The number of carbonyl (C=O) groups is 15. The normalized spacial score (nSPS) is 47.8.